The van der Waals surface area contributed by atoms with Gasteiger partial charge in [0.2, 0.25) is 5.91 Å². The van der Waals surface area contributed by atoms with E-state index in [0.717, 1.165) is 16.9 Å². The van der Waals surface area contributed by atoms with E-state index in [4.69, 9.17) is 17.0 Å². The molecule has 7 heteroatoms. The second-order valence-electron chi connectivity index (χ2n) is 7.22. The molecule has 0 saturated heterocycles. The second kappa shape index (κ2) is 11.8. The summed E-state index contributed by atoms with van der Waals surface area (Å²) in [6.07, 6.45) is 0. The molecule has 3 aromatic carbocycles. The van der Waals surface area contributed by atoms with Gasteiger partial charge in [-0.15, -0.1) is 0 Å². The Morgan fingerprint density at radius 3 is 2.41 bits per heavy atom. The van der Waals surface area contributed by atoms with E-state index in [0.29, 0.717) is 30.3 Å². The average molecular weight is 452 g/mol. The van der Waals surface area contributed by atoms with Crippen LogP contribution in [0, 0.1) is 5.82 Å². The van der Waals surface area contributed by atoms with Gasteiger partial charge in [0.25, 0.3) is 0 Å². The summed E-state index contributed by atoms with van der Waals surface area (Å²) in [7, 11) is 1.60. The Kier molecular flexibility index (Phi) is 8.57. The quantitative estimate of drug-likeness (QED) is 0.481. The molecule has 3 rings (SSSR count). The third-order valence-electron chi connectivity index (χ3n) is 4.85. The van der Waals surface area contributed by atoms with Gasteiger partial charge in [0.05, 0.1) is 13.7 Å². The highest BCUT2D eigenvalue weighted by molar-refractivity contribution is 7.80. The summed E-state index contributed by atoms with van der Waals surface area (Å²) in [5, 5.41) is 6.24. The lowest BCUT2D eigenvalue weighted by Gasteiger charge is -2.26. The Morgan fingerprint density at radius 2 is 1.66 bits per heavy atom. The molecule has 0 radical (unpaired) electrons. The second-order valence-corrected chi connectivity index (χ2v) is 7.61. The number of nitrogens with zero attached hydrogens (tertiary/aromatic N) is 1. The number of nitrogens with one attached hydrogen (secondary N) is 2. The molecule has 0 aromatic heterocycles. The molecular formula is C25H26FN3O2S. The van der Waals surface area contributed by atoms with Crippen molar-refractivity contribution in [2.75, 3.05) is 13.7 Å². The van der Waals surface area contributed by atoms with Crippen LogP contribution >= 0.6 is 12.2 Å². The zero-order chi connectivity index (χ0) is 22.8. The van der Waals surface area contributed by atoms with Crippen molar-refractivity contribution in [2.45, 2.75) is 19.6 Å². The SMILES string of the molecule is COc1cccc(CNC(=O)CNC(=S)N(Cc2ccccc2)Cc2ccccc2F)c1. The number of hydrogen-bond donors (Lipinski definition) is 2. The van der Waals surface area contributed by atoms with Crippen molar-refractivity contribution in [2.24, 2.45) is 0 Å². The smallest absolute Gasteiger partial charge is 0.239 e. The van der Waals surface area contributed by atoms with Crippen molar-refractivity contribution >= 4 is 23.2 Å². The van der Waals surface area contributed by atoms with E-state index in [2.05, 4.69) is 10.6 Å². The van der Waals surface area contributed by atoms with Crippen LogP contribution in [0.3, 0.4) is 0 Å². The van der Waals surface area contributed by atoms with E-state index in [9.17, 15) is 9.18 Å². The van der Waals surface area contributed by atoms with Gasteiger partial charge in [0.15, 0.2) is 5.11 Å². The van der Waals surface area contributed by atoms with Gasteiger partial charge in [0, 0.05) is 25.2 Å². The minimum absolute atomic E-state index is 0.0192. The van der Waals surface area contributed by atoms with Crippen LogP contribution < -0.4 is 15.4 Å². The van der Waals surface area contributed by atoms with Crippen LogP contribution in [0.4, 0.5) is 4.39 Å². The highest BCUT2D eigenvalue weighted by Crippen LogP contribution is 2.14. The van der Waals surface area contributed by atoms with Crippen molar-refractivity contribution in [1.82, 2.24) is 15.5 Å². The maximum Gasteiger partial charge on any atom is 0.239 e. The van der Waals surface area contributed by atoms with Gasteiger partial charge in [-0.1, -0.05) is 60.7 Å². The van der Waals surface area contributed by atoms with Crippen LogP contribution in [0.5, 0.6) is 5.75 Å². The van der Waals surface area contributed by atoms with Crippen LogP contribution in [0.1, 0.15) is 16.7 Å². The molecule has 166 valence electrons. The monoisotopic (exact) mass is 451 g/mol. The van der Waals surface area contributed by atoms with Gasteiger partial charge in [-0.2, -0.15) is 0 Å². The number of thiocarbonyl (C=S) groups is 1. The van der Waals surface area contributed by atoms with Crippen molar-refractivity contribution in [3.63, 3.8) is 0 Å². The number of carbonyl (C=O) groups is 1. The zero-order valence-corrected chi connectivity index (χ0v) is 18.7. The molecular weight excluding hydrogens is 425 g/mol. The number of halogens is 1. The van der Waals surface area contributed by atoms with E-state index in [1.54, 1.807) is 25.3 Å². The molecule has 0 aliphatic rings. The summed E-state index contributed by atoms with van der Waals surface area (Å²) in [4.78, 5) is 14.2. The van der Waals surface area contributed by atoms with Crippen molar-refractivity contribution < 1.29 is 13.9 Å². The highest BCUT2D eigenvalue weighted by atomic mass is 32.1. The van der Waals surface area contributed by atoms with Gasteiger partial charge >= 0.3 is 0 Å². The fraction of sp³-hybridized carbons (Fsp3) is 0.200. The van der Waals surface area contributed by atoms with E-state index in [-0.39, 0.29) is 18.3 Å². The van der Waals surface area contributed by atoms with E-state index in [1.807, 2.05) is 59.5 Å². The Balaban J connectivity index is 1.58. The lowest BCUT2D eigenvalue weighted by atomic mass is 10.1. The average Bonchev–Trinajstić information content (AvgIpc) is 2.83. The summed E-state index contributed by atoms with van der Waals surface area (Å²) in [5.74, 6) is 0.255. The van der Waals surface area contributed by atoms with E-state index >= 15 is 0 Å². The first kappa shape index (κ1) is 23.2. The standard InChI is InChI=1S/C25H26FN3O2S/c1-31-22-12-7-10-20(14-22)15-27-24(30)16-28-25(32)29(17-19-8-3-2-4-9-19)18-21-11-5-6-13-23(21)26/h2-14H,15-18H2,1H3,(H,27,30)(H,28,32). The number of benzene rings is 3. The molecule has 0 aliphatic heterocycles. The van der Waals surface area contributed by atoms with E-state index in [1.165, 1.54) is 6.07 Å². The van der Waals surface area contributed by atoms with Gasteiger partial charge < -0.3 is 20.3 Å². The first-order chi connectivity index (χ1) is 15.5. The van der Waals surface area contributed by atoms with Crippen molar-refractivity contribution in [3.8, 4) is 5.75 Å². The Hall–Kier alpha value is -3.45. The van der Waals surface area contributed by atoms with Gasteiger partial charge in [-0.25, -0.2) is 4.39 Å². The number of methoxy groups -OCH3 is 1. The molecule has 0 aliphatic carbocycles. The summed E-state index contributed by atoms with van der Waals surface area (Å²) in [6.45, 7) is 1.18. The number of amides is 1. The third-order valence-corrected chi connectivity index (χ3v) is 5.25. The molecule has 1 amide bonds. The fourth-order valence-electron chi connectivity index (χ4n) is 3.15. The van der Waals surface area contributed by atoms with Crippen molar-refractivity contribution in [3.05, 3.63) is 101 Å². The van der Waals surface area contributed by atoms with Crippen LogP contribution in [0.25, 0.3) is 0 Å². The van der Waals surface area contributed by atoms with Gasteiger partial charge in [-0.3, -0.25) is 4.79 Å². The number of carbonyl (C=O) groups excluding carboxylic acids is 1. The minimum atomic E-state index is -0.288. The molecule has 0 spiro atoms. The lowest BCUT2D eigenvalue weighted by molar-refractivity contribution is -0.120. The third kappa shape index (κ3) is 7.06. The molecule has 0 heterocycles. The summed E-state index contributed by atoms with van der Waals surface area (Å²) < 4.78 is 19.4. The molecule has 0 bridgehead atoms. The maximum absolute atomic E-state index is 14.2. The van der Waals surface area contributed by atoms with Crippen LogP contribution in [0.2, 0.25) is 0 Å². The van der Waals surface area contributed by atoms with Crippen molar-refractivity contribution in [1.29, 1.82) is 0 Å². The predicted octanol–water partition coefficient (Wildman–Crippen LogP) is 4.03. The summed E-state index contributed by atoms with van der Waals surface area (Å²) >= 11 is 5.54. The number of hydrogen-bond acceptors (Lipinski definition) is 3. The molecule has 0 unspecified atom stereocenters. The fourth-order valence-corrected chi connectivity index (χ4v) is 3.35. The Morgan fingerprint density at radius 1 is 0.938 bits per heavy atom. The first-order valence-electron chi connectivity index (χ1n) is 10.2. The normalized spacial score (nSPS) is 10.3. The van der Waals surface area contributed by atoms with Gasteiger partial charge in [-0.05, 0) is 41.5 Å². The highest BCUT2D eigenvalue weighted by Gasteiger charge is 2.14. The molecule has 5 nitrogen and oxygen atoms in total. The summed E-state index contributed by atoms with van der Waals surface area (Å²) in [5.41, 5.74) is 2.51. The molecule has 0 fully saturated rings. The van der Waals surface area contributed by atoms with Crippen LogP contribution in [-0.2, 0) is 24.4 Å². The van der Waals surface area contributed by atoms with Gasteiger partial charge in [0.1, 0.15) is 11.6 Å². The molecule has 2 N–H and O–H groups in total. The number of ether oxygens (including phenoxy) is 1. The Labute approximate surface area is 193 Å². The lowest BCUT2D eigenvalue weighted by Crippen LogP contribution is -2.43. The summed E-state index contributed by atoms with van der Waals surface area (Å²) in [6, 6.07) is 23.9. The molecule has 0 atom stereocenters. The number of rotatable bonds is 9. The maximum atomic E-state index is 14.2. The minimum Gasteiger partial charge on any atom is -0.497 e. The Bertz CT molecular complexity index is 1050. The van der Waals surface area contributed by atoms with E-state index < -0.39 is 0 Å². The van der Waals surface area contributed by atoms with Crippen LogP contribution in [-0.4, -0.2) is 29.6 Å². The zero-order valence-electron chi connectivity index (χ0n) is 17.9. The van der Waals surface area contributed by atoms with Crippen LogP contribution in [0.15, 0.2) is 78.9 Å². The largest absolute Gasteiger partial charge is 0.497 e. The molecule has 32 heavy (non-hydrogen) atoms. The molecule has 3 aromatic rings. The first-order valence-corrected chi connectivity index (χ1v) is 10.7. The topological polar surface area (TPSA) is 53.6 Å². The predicted molar refractivity (Wildman–Crippen MR) is 128 cm³/mol. The molecule has 0 saturated carbocycles.